The van der Waals surface area contributed by atoms with Crippen LogP contribution in [-0.2, 0) is 32.1 Å². The van der Waals surface area contributed by atoms with Crippen LogP contribution in [0.25, 0.3) is 0 Å². The average Bonchev–Trinajstić information content (AvgIpc) is 3.02. The molecule has 4 rings (SSSR count). The first-order chi connectivity index (χ1) is 17.5. The van der Waals surface area contributed by atoms with Gasteiger partial charge in [0.05, 0.1) is 5.69 Å². The summed E-state index contributed by atoms with van der Waals surface area (Å²) in [5.74, 6) is -1.72. The van der Waals surface area contributed by atoms with Crippen LogP contribution in [-0.4, -0.2) is 48.2 Å². The van der Waals surface area contributed by atoms with Crippen LogP contribution in [0.1, 0.15) is 17.5 Å². The molecule has 1 amide bonds. The van der Waals surface area contributed by atoms with Crippen LogP contribution in [0.5, 0.6) is 5.75 Å². The summed E-state index contributed by atoms with van der Waals surface area (Å²) in [6, 6.07) is 24.1. The van der Waals surface area contributed by atoms with Gasteiger partial charge in [-0.15, -0.1) is 0 Å². The van der Waals surface area contributed by atoms with Crippen LogP contribution in [0.2, 0.25) is 0 Å². The second kappa shape index (κ2) is 12.0. The Morgan fingerprint density at radius 2 is 1.61 bits per heavy atom. The van der Waals surface area contributed by atoms with E-state index in [1.165, 1.54) is 4.90 Å². The lowest BCUT2D eigenvalue weighted by Crippen LogP contribution is -2.55. The predicted octanol–water partition coefficient (Wildman–Crippen LogP) is 3.20. The van der Waals surface area contributed by atoms with E-state index in [0.717, 1.165) is 11.1 Å². The topological polar surface area (TPSA) is 105 Å². The number of hydrogen-bond donors (Lipinski definition) is 2. The summed E-state index contributed by atoms with van der Waals surface area (Å²) in [4.78, 5) is 39.3. The number of esters is 1. The van der Waals surface area contributed by atoms with Crippen molar-refractivity contribution in [3.8, 4) is 5.75 Å². The van der Waals surface area contributed by atoms with Gasteiger partial charge in [-0.1, -0.05) is 72.8 Å². The van der Waals surface area contributed by atoms with Gasteiger partial charge >= 0.3 is 11.9 Å². The van der Waals surface area contributed by atoms with Gasteiger partial charge in [0.2, 0.25) is 5.91 Å². The van der Waals surface area contributed by atoms with Crippen molar-refractivity contribution in [1.82, 2.24) is 5.32 Å². The molecule has 0 radical (unpaired) electrons. The maximum Gasteiger partial charge on any atom is 0.323 e. The lowest BCUT2D eigenvalue weighted by atomic mass is 10.0. The SMILES string of the molecule is O=C(O)CN1C(=O)C(N[C@@H](CCc2ccccc2)C(=O)OCc2ccccc2)COc2ccccc21. The maximum absolute atomic E-state index is 13.4. The molecule has 0 aliphatic carbocycles. The van der Waals surface area contributed by atoms with Gasteiger partial charge in [-0.25, -0.2) is 0 Å². The van der Waals surface area contributed by atoms with Crippen molar-refractivity contribution in [3.05, 3.63) is 96.1 Å². The van der Waals surface area contributed by atoms with Crippen molar-refractivity contribution in [2.24, 2.45) is 0 Å². The number of anilines is 1. The number of carboxylic acids is 1. The number of ether oxygens (including phenoxy) is 2. The largest absolute Gasteiger partial charge is 0.489 e. The number of para-hydroxylation sites is 2. The van der Waals surface area contributed by atoms with Crippen molar-refractivity contribution in [1.29, 1.82) is 0 Å². The van der Waals surface area contributed by atoms with Gasteiger partial charge in [-0.05, 0) is 36.1 Å². The summed E-state index contributed by atoms with van der Waals surface area (Å²) in [6.45, 7) is -0.473. The number of amides is 1. The molecule has 1 aliphatic rings. The number of hydrogen-bond acceptors (Lipinski definition) is 6. The van der Waals surface area contributed by atoms with Crippen LogP contribution in [0.15, 0.2) is 84.9 Å². The Kier molecular flexibility index (Phi) is 8.31. The number of carboxylic acid groups (broad SMARTS) is 1. The van der Waals surface area contributed by atoms with Crippen LogP contribution in [0, 0.1) is 0 Å². The molecule has 0 saturated heterocycles. The van der Waals surface area contributed by atoms with Gasteiger partial charge in [0.15, 0.2) is 0 Å². The molecule has 8 nitrogen and oxygen atoms in total. The molecule has 186 valence electrons. The second-order valence-corrected chi connectivity index (χ2v) is 8.49. The molecule has 1 unspecified atom stereocenters. The molecule has 36 heavy (non-hydrogen) atoms. The number of carbonyl (C=O) groups is 3. The van der Waals surface area contributed by atoms with Crippen LogP contribution < -0.4 is 15.0 Å². The molecular formula is C28H28N2O6. The fourth-order valence-electron chi connectivity index (χ4n) is 4.07. The Labute approximate surface area is 209 Å². The van der Waals surface area contributed by atoms with E-state index in [9.17, 15) is 19.5 Å². The fourth-order valence-corrected chi connectivity index (χ4v) is 4.07. The van der Waals surface area contributed by atoms with Crippen molar-refractivity contribution in [2.75, 3.05) is 18.1 Å². The first-order valence-corrected chi connectivity index (χ1v) is 11.8. The highest BCUT2D eigenvalue weighted by atomic mass is 16.5. The van der Waals surface area contributed by atoms with E-state index in [0.29, 0.717) is 24.3 Å². The van der Waals surface area contributed by atoms with Crippen molar-refractivity contribution in [3.63, 3.8) is 0 Å². The van der Waals surface area contributed by atoms with Gasteiger partial charge in [-0.3, -0.25) is 24.6 Å². The van der Waals surface area contributed by atoms with Crippen molar-refractivity contribution in [2.45, 2.75) is 31.5 Å². The predicted molar refractivity (Wildman–Crippen MR) is 134 cm³/mol. The molecule has 0 aromatic heterocycles. The smallest absolute Gasteiger partial charge is 0.323 e. The Morgan fingerprint density at radius 3 is 2.31 bits per heavy atom. The van der Waals surface area contributed by atoms with Gasteiger partial charge in [0, 0.05) is 0 Å². The van der Waals surface area contributed by atoms with Crippen molar-refractivity contribution >= 4 is 23.5 Å². The minimum Gasteiger partial charge on any atom is -0.489 e. The van der Waals surface area contributed by atoms with Crippen LogP contribution >= 0.6 is 0 Å². The Bertz CT molecular complexity index is 1180. The first kappa shape index (κ1) is 24.9. The van der Waals surface area contributed by atoms with E-state index in [1.54, 1.807) is 24.3 Å². The third kappa shape index (κ3) is 6.49. The van der Waals surface area contributed by atoms with Gasteiger partial charge in [0.1, 0.15) is 37.6 Å². The zero-order chi connectivity index (χ0) is 25.3. The zero-order valence-corrected chi connectivity index (χ0v) is 19.7. The number of aryl methyl sites for hydroxylation is 1. The first-order valence-electron chi connectivity index (χ1n) is 11.8. The number of rotatable bonds is 10. The molecule has 3 aromatic carbocycles. The molecule has 0 fully saturated rings. The standard InChI is InChI=1S/C28H28N2O6/c31-26(32)17-30-24-13-7-8-14-25(24)35-19-23(27(30)33)29-22(16-15-20-9-3-1-4-10-20)28(34)36-18-21-11-5-2-6-12-21/h1-14,22-23,29H,15-19H2,(H,31,32)/t22-,23?/m0/s1. The molecule has 2 N–H and O–H groups in total. The Morgan fingerprint density at radius 1 is 0.972 bits per heavy atom. The fraction of sp³-hybridized carbons (Fsp3) is 0.250. The number of nitrogens with zero attached hydrogens (tertiary/aromatic N) is 1. The Balaban J connectivity index is 1.52. The zero-order valence-electron chi connectivity index (χ0n) is 19.7. The van der Waals surface area contributed by atoms with E-state index in [2.05, 4.69) is 5.32 Å². The van der Waals surface area contributed by atoms with E-state index in [-0.39, 0.29) is 13.2 Å². The minimum absolute atomic E-state index is 0.0558. The minimum atomic E-state index is -1.15. The number of fused-ring (bicyclic) bond motifs is 1. The van der Waals surface area contributed by atoms with Crippen LogP contribution in [0.3, 0.4) is 0 Å². The highest BCUT2D eigenvalue weighted by Crippen LogP contribution is 2.31. The summed E-state index contributed by atoms with van der Waals surface area (Å²) < 4.78 is 11.4. The molecule has 0 bridgehead atoms. The quantitative estimate of drug-likeness (QED) is 0.422. The number of benzene rings is 3. The number of aliphatic carboxylic acids is 1. The number of nitrogens with one attached hydrogen (secondary N) is 1. The molecule has 8 heteroatoms. The molecule has 0 saturated carbocycles. The third-order valence-electron chi connectivity index (χ3n) is 5.89. The normalized spacial score (nSPS) is 15.8. The maximum atomic E-state index is 13.4. The highest BCUT2D eigenvalue weighted by Gasteiger charge is 2.35. The summed E-state index contributed by atoms with van der Waals surface area (Å²) in [6.07, 6.45) is 0.965. The Hall–Kier alpha value is -4.17. The summed E-state index contributed by atoms with van der Waals surface area (Å²) >= 11 is 0. The van der Waals surface area contributed by atoms with E-state index < -0.39 is 36.5 Å². The molecule has 3 aromatic rings. The second-order valence-electron chi connectivity index (χ2n) is 8.49. The molecular weight excluding hydrogens is 460 g/mol. The van der Waals surface area contributed by atoms with Gasteiger partial charge < -0.3 is 14.6 Å². The highest BCUT2D eigenvalue weighted by molar-refractivity contribution is 6.02. The average molecular weight is 489 g/mol. The molecule has 0 spiro atoms. The summed E-state index contributed by atoms with van der Waals surface area (Å²) in [5.41, 5.74) is 2.27. The summed E-state index contributed by atoms with van der Waals surface area (Å²) in [7, 11) is 0. The molecule has 1 heterocycles. The van der Waals surface area contributed by atoms with Crippen molar-refractivity contribution < 1.29 is 29.0 Å². The summed E-state index contributed by atoms with van der Waals surface area (Å²) in [5, 5.41) is 12.5. The third-order valence-corrected chi connectivity index (χ3v) is 5.89. The molecule has 2 atom stereocenters. The lowest BCUT2D eigenvalue weighted by Gasteiger charge is -2.26. The van der Waals surface area contributed by atoms with Gasteiger partial charge in [0.25, 0.3) is 0 Å². The van der Waals surface area contributed by atoms with Crippen LogP contribution in [0.4, 0.5) is 5.69 Å². The van der Waals surface area contributed by atoms with Gasteiger partial charge in [-0.2, -0.15) is 0 Å². The van der Waals surface area contributed by atoms with E-state index in [4.69, 9.17) is 9.47 Å². The lowest BCUT2D eigenvalue weighted by molar-refractivity contribution is -0.148. The van der Waals surface area contributed by atoms with E-state index in [1.807, 2.05) is 60.7 Å². The number of carbonyl (C=O) groups excluding carboxylic acids is 2. The molecule has 1 aliphatic heterocycles. The van der Waals surface area contributed by atoms with E-state index >= 15 is 0 Å². The monoisotopic (exact) mass is 488 g/mol.